The second kappa shape index (κ2) is 14.7. The van der Waals surface area contributed by atoms with E-state index in [2.05, 4.69) is 10.4 Å². The number of amides is 1. The SMILES string of the molecule is COc1ccc(OP(=O)(N[C@H](C(=O)OCc2ccccc2)C(C)C)OC[C@H]2OC(O)[C@H](NC(C)=O)[C@@H](O)[C@@H]2O)cc1. The lowest BCUT2D eigenvalue weighted by atomic mass is 9.97. The lowest BCUT2D eigenvalue weighted by molar-refractivity contribution is -0.252. The number of aliphatic hydroxyl groups is 3. The van der Waals surface area contributed by atoms with Crippen molar-refractivity contribution in [3.05, 3.63) is 60.2 Å². The summed E-state index contributed by atoms with van der Waals surface area (Å²) in [5.41, 5.74) is 0.760. The fraction of sp³-hybridized carbons (Fsp3) is 0.481. The number of hydrogen-bond donors (Lipinski definition) is 5. The van der Waals surface area contributed by atoms with Crippen molar-refractivity contribution in [1.29, 1.82) is 0 Å². The maximum Gasteiger partial charge on any atom is 0.459 e. The molecule has 1 aliphatic heterocycles. The highest BCUT2D eigenvalue weighted by atomic mass is 31.2. The van der Waals surface area contributed by atoms with Crippen molar-refractivity contribution in [3.63, 3.8) is 0 Å². The molecular formula is C27H37N2O11P. The van der Waals surface area contributed by atoms with E-state index in [9.17, 15) is 29.5 Å². The Kier molecular flexibility index (Phi) is 11.7. The third kappa shape index (κ3) is 9.23. The molecule has 1 saturated heterocycles. The van der Waals surface area contributed by atoms with E-state index in [1.807, 2.05) is 6.07 Å². The Morgan fingerprint density at radius 2 is 1.63 bits per heavy atom. The van der Waals surface area contributed by atoms with Gasteiger partial charge in [0.1, 0.15) is 48.5 Å². The third-order valence-corrected chi connectivity index (χ3v) is 7.76. The Morgan fingerprint density at radius 1 is 1.00 bits per heavy atom. The maximum absolute atomic E-state index is 14.0. The van der Waals surface area contributed by atoms with Gasteiger partial charge in [0.2, 0.25) is 5.91 Å². The number of aliphatic hydroxyl groups excluding tert-OH is 3. The zero-order chi connectivity index (χ0) is 30.2. The standard InChI is InChI=1S/C27H37N2O11P/c1-16(2)22(26(33)37-14-18-8-6-5-7-9-18)29-41(35,40-20-12-10-19(36-4)11-13-20)38-15-21-24(31)25(32)23(27(34)39-21)28-17(3)30/h5-13,16,21-25,27,31-32,34H,14-15H2,1-4H3,(H,28,30)(H,29,35)/t21-,22+,23-,24-,25-,27?,41?/m1/s1. The third-order valence-electron chi connectivity index (χ3n) is 6.23. The van der Waals surface area contributed by atoms with Crippen LogP contribution >= 0.6 is 7.75 Å². The van der Waals surface area contributed by atoms with Crippen LogP contribution in [-0.4, -0.2) is 77.6 Å². The first kappa shape index (κ1) is 32.5. The summed E-state index contributed by atoms with van der Waals surface area (Å²) >= 11 is 0. The molecule has 0 aliphatic carbocycles. The molecule has 1 heterocycles. The quantitative estimate of drug-likeness (QED) is 0.166. The normalized spacial score (nSPS) is 24.6. The number of benzene rings is 2. The maximum atomic E-state index is 14.0. The Balaban J connectivity index is 1.78. The van der Waals surface area contributed by atoms with Gasteiger partial charge in [-0.2, -0.15) is 5.09 Å². The average molecular weight is 597 g/mol. The van der Waals surface area contributed by atoms with Crippen LogP contribution in [-0.2, 0) is 34.8 Å². The molecule has 0 spiro atoms. The van der Waals surface area contributed by atoms with Crippen molar-refractivity contribution in [2.24, 2.45) is 5.92 Å². The molecular weight excluding hydrogens is 559 g/mol. The number of carbonyl (C=O) groups is 2. The van der Waals surface area contributed by atoms with Crippen LogP contribution in [0.3, 0.4) is 0 Å². The largest absolute Gasteiger partial charge is 0.497 e. The monoisotopic (exact) mass is 596 g/mol. The summed E-state index contributed by atoms with van der Waals surface area (Å²) < 4.78 is 41.2. The Morgan fingerprint density at radius 3 is 2.22 bits per heavy atom. The minimum atomic E-state index is -4.41. The minimum Gasteiger partial charge on any atom is -0.497 e. The molecule has 2 aromatic carbocycles. The molecule has 0 radical (unpaired) electrons. The average Bonchev–Trinajstić information content (AvgIpc) is 2.94. The van der Waals surface area contributed by atoms with Gasteiger partial charge in [-0.25, -0.2) is 4.57 Å². The first-order chi connectivity index (χ1) is 19.4. The molecule has 1 fully saturated rings. The van der Waals surface area contributed by atoms with Gasteiger partial charge in [0, 0.05) is 6.92 Å². The molecule has 7 atom stereocenters. The van der Waals surface area contributed by atoms with E-state index in [4.69, 9.17) is 23.3 Å². The van der Waals surface area contributed by atoms with Crippen LogP contribution in [0.5, 0.6) is 11.5 Å². The summed E-state index contributed by atoms with van der Waals surface area (Å²) in [5.74, 6) is -1.06. The molecule has 2 aromatic rings. The Bertz CT molecular complexity index is 1180. The molecule has 1 amide bonds. The zero-order valence-electron chi connectivity index (χ0n) is 23.2. The lowest BCUT2D eigenvalue weighted by Gasteiger charge is -2.40. The van der Waals surface area contributed by atoms with Crippen molar-refractivity contribution in [2.75, 3.05) is 13.7 Å². The van der Waals surface area contributed by atoms with Gasteiger partial charge >= 0.3 is 13.7 Å². The number of rotatable bonds is 13. The van der Waals surface area contributed by atoms with Crippen molar-refractivity contribution in [3.8, 4) is 11.5 Å². The lowest BCUT2D eigenvalue weighted by Crippen LogP contribution is -2.64. The van der Waals surface area contributed by atoms with Gasteiger partial charge in [0.15, 0.2) is 6.29 Å². The van der Waals surface area contributed by atoms with E-state index in [0.717, 1.165) is 5.56 Å². The van der Waals surface area contributed by atoms with Crippen molar-refractivity contribution < 1.29 is 52.7 Å². The van der Waals surface area contributed by atoms with E-state index >= 15 is 0 Å². The van der Waals surface area contributed by atoms with Crippen molar-refractivity contribution >= 4 is 19.6 Å². The number of esters is 1. The highest BCUT2D eigenvalue weighted by molar-refractivity contribution is 7.52. The van der Waals surface area contributed by atoms with E-state index < -0.39 is 68.8 Å². The smallest absolute Gasteiger partial charge is 0.459 e. The van der Waals surface area contributed by atoms with Crippen LogP contribution in [0.2, 0.25) is 0 Å². The molecule has 13 nitrogen and oxygen atoms in total. The fourth-order valence-electron chi connectivity index (χ4n) is 3.97. The first-order valence-corrected chi connectivity index (χ1v) is 14.5. The number of ether oxygens (including phenoxy) is 3. The van der Waals surface area contributed by atoms with Crippen molar-refractivity contribution in [2.45, 2.75) is 64.1 Å². The van der Waals surface area contributed by atoms with Crippen LogP contribution in [0.4, 0.5) is 0 Å². The van der Waals surface area contributed by atoms with Gasteiger partial charge in [-0.05, 0) is 35.7 Å². The van der Waals surface area contributed by atoms with E-state index in [-0.39, 0.29) is 12.4 Å². The molecule has 14 heteroatoms. The molecule has 0 bridgehead atoms. The molecule has 41 heavy (non-hydrogen) atoms. The highest BCUT2D eigenvalue weighted by Gasteiger charge is 2.46. The second-order valence-electron chi connectivity index (χ2n) is 9.78. The predicted molar refractivity (Wildman–Crippen MR) is 146 cm³/mol. The topological polar surface area (TPSA) is 182 Å². The summed E-state index contributed by atoms with van der Waals surface area (Å²) in [5, 5.41) is 36.2. The molecule has 0 aromatic heterocycles. The van der Waals surface area contributed by atoms with Gasteiger partial charge in [0.25, 0.3) is 0 Å². The first-order valence-electron chi connectivity index (χ1n) is 13.0. The van der Waals surface area contributed by atoms with Gasteiger partial charge < -0.3 is 39.4 Å². The zero-order valence-corrected chi connectivity index (χ0v) is 24.1. The number of hydrogen-bond acceptors (Lipinski definition) is 11. The van der Waals surface area contributed by atoms with E-state index in [0.29, 0.717) is 5.75 Å². The molecule has 5 N–H and O–H groups in total. The summed E-state index contributed by atoms with van der Waals surface area (Å²) in [6.07, 6.45) is -6.33. The van der Waals surface area contributed by atoms with Crippen LogP contribution in [0, 0.1) is 5.92 Å². The Labute approximate surface area is 238 Å². The predicted octanol–water partition coefficient (Wildman–Crippen LogP) is 1.50. The number of nitrogens with one attached hydrogen (secondary N) is 2. The molecule has 226 valence electrons. The van der Waals surface area contributed by atoms with Gasteiger partial charge in [-0.1, -0.05) is 44.2 Å². The molecule has 1 aliphatic rings. The van der Waals surface area contributed by atoms with Gasteiger partial charge in [-0.3, -0.25) is 14.1 Å². The number of methoxy groups -OCH3 is 1. The summed E-state index contributed by atoms with van der Waals surface area (Å²) in [7, 11) is -2.93. The second-order valence-corrected chi connectivity index (χ2v) is 11.5. The summed E-state index contributed by atoms with van der Waals surface area (Å²) in [4.78, 5) is 24.4. The summed E-state index contributed by atoms with van der Waals surface area (Å²) in [6.45, 7) is 3.95. The van der Waals surface area contributed by atoms with Crippen LogP contribution in [0.25, 0.3) is 0 Å². The van der Waals surface area contributed by atoms with Crippen LogP contribution in [0.15, 0.2) is 54.6 Å². The molecule has 3 rings (SSSR count). The number of carbonyl (C=O) groups excluding carboxylic acids is 2. The van der Waals surface area contributed by atoms with Gasteiger partial charge in [0.05, 0.1) is 13.7 Å². The summed E-state index contributed by atoms with van der Waals surface area (Å²) in [6, 6.07) is 12.7. The Hall–Kier alpha value is -3.03. The molecule has 2 unspecified atom stereocenters. The highest BCUT2D eigenvalue weighted by Crippen LogP contribution is 2.46. The van der Waals surface area contributed by atoms with Crippen molar-refractivity contribution in [1.82, 2.24) is 10.4 Å². The van der Waals surface area contributed by atoms with E-state index in [1.165, 1.54) is 26.2 Å². The van der Waals surface area contributed by atoms with E-state index in [1.54, 1.807) is 50.2 Å². The van der Waals surface area contributed by atoms with Gasteiger partial charge in [-0.15, -0.1) is 0 Å². The van der Waals surface area contributed by atoms with Crippen LogP contribution in [0.1, 0.15) is 26.3 Å². The van der Waals surface area contributed by atoms with Crippen LogP contribution < -0.4 is 19.7 Å². The fourth-order valence-corrected chi connectivity index (χ4v) is 5.64. The minimum absolute atomic E-state index is 0.0115. The molecule has 0 saturated carbocycles.